The minimum Gasteiger partial charge on any atom is -0.465 e. The third kappa shape index (κ3) is 1.77. The molecular formula is C11H17N3O2. The van der Waals surface area contributed by atoms with Crippen LogP contribution >= 0.6 is 0 Å². The first-order chi connectivity index (χ1) is 7.39. The van der Waals surface area contributed by atoms with E-state index in [1.165, 1.54) is 10.6 Å². The second kappa shape index (κ2) is 3.50. The second-order valence-electron chi connectivity index (χ2n) is 5.13. The number of imidazole rings is 1. The van der Waals surface area contributed by atoms with Crippen molar-refractivity contribution >= 4 is 6.09 Å². The summed E-state index contributed by atoms with van der Waals surface area (Å²) >= 11 is 0. The van der Waals surface area contributed by atoms with Gasteiger partial charge in [-0.25, -0.2) is 9.78 Å². The van der Waals surface area contributed by atoms with Crippen LogP contribution in [0, 0.1) is 0 Å². The lowest BCUT2D eigenvalue weighted by Crippen LogP contribution is -2.36. The first-order valence-electron chi connectivity index (χ1n) is 5.43. The molecule has 1 N–H and O–H groups in total. The zero-order valence-electron chi connectivity index (χ0n) is 9.90. The molecule has 1 aliphatic heterocycles. The average Bonchev–Trinajstić information content (AvgIpc) is 2.58. The molecular weight excluding hydrogens is 206 g/mol. The predicted octanol–water partition coefficient (Wildman–Crippen LogP) is 1.67. The maximum absolute atomic E-state index is 10.9. The Kier molecular flexibility index (Phi) is 2.40. The molecule has 5 nitrogen and oxygen atoms in total. The van der Waals surface area contributed by atoms with Gasteiger partial charge in [-0.15, -0.1) is 0 Å². The fourth-order valence-electron chi connectivity index (χ4n) is 2.05. The fourth-order valence-corrected chi connectivity index (χ4v) is 2.05. The van der Waals surface area contributed by atoms with Crippen LogP contribution in [0.4, 0.5) is 4.79 Å². The molecule has 5 heteroatoms. The van der Waals surface area contributed by atoms with E-state index in [2.05, 4.69) is 30.3 Å². The number of fused-ring (bicyclic) bond motifs is 1. The van der Waals surface area contributed by atoms with E-state index in [0.717, 1.165) is 12.1 Å². The van der Waals surface area contributed by atoms with Gasteiger partial charge in [0.15, 0.2) is 0 Å². The first kappa shape index (κ1) is 11.0. The molecule has 2 rings (SSSR count). The third-order valence-electron chi connectivity index (χ3n) is 2.91. The molecule has 1 amide bonds. The summed E-state index contributed by atoms with van der Waals surface area (Å²) < 4.78 is 2.14. The van der Waals surface area contributed by atoms with Crippen molar-refractivity contribution in [3.05, 3.63) is 17.7 Å². The van der Waals surface area contributed by atoms with Crippen LogP contribution in [0.25, 0.3) is 0 Å². The average molecular weight is 223 g/mol. The van der Waals surface area contributed by atoms with E-state index < -0.39 is 6.09 Å². The molecule has 0 radical (unpaired) electrons. The van der Waals surface area contributed by atoms with E-state index in [-0.39, 0.29) is 5.54 Å². The van der Waals surface area contributed by atoms with E-state index in [0.29, 0.717) is 13.1 Å². The van der Waals surface area contributed by atoms with Crippen molar-refractivity contribution in [2.45, 2.75) is 39.3 Å². The highest BCUT2D eigenvalue weighted by Gasteiger charge is 2.27. The summed E-state index contributed by atoms with van der Waals surface area (Å²) in [6.07, 6.45) is 1.70. The molecule has 0 saturated heterocycles. The van der Waals surface area contributed by atoms with Crippen LogP contribution in [-0.2, 0) is 18.5 Å². The number of hydrogen-bond acceptors (Lipinski definition) is 2. The molecule has 0 unspecified atom stereocenters. The Morgan fingerprint density at radius 3 is 2.75 bits per heavy atom. The molecule has 0 bridgehead atoms. The van der Waals surface area contributed by atoms with Crippen molar-refractivity contribution in [1.82, 2.24) is 14.5 Å². The number of carbonyl (C=O) groups is 1. The second-order valence-corrected chi connectivity index (χ2v) is 5.13. The number of hydrogen-bond donors (Lipinski definition) is 1. The zero-order chi connectivity index (χ0) is 11.9. The van der Waals surface area contributed by atoms with Crippen LogP contribution in [0.2, 0.25) is 0 Å². The summed E-state index contributed by atoms with van der Waals surface area (Å²) in [5.74, 6) is 0. The largest absolute Gasteiger partial charge is 0.465 e. The molecule has 0 aliphatic carbocycles. The van der Waals surface area contributed by atoms with Gasteiger partial charge in [-0.1, -0.05) is 0 Å². The highest BCUT2D eigenvalue weighted by Crippen LogP contribution is 2.24. The maximum atomic E-state index is 10.9. The van der Waals surface area contributed by atoms with Gasteiger partial charge < -0.3 is 14.6 Å². The predicted molar refractivity (Wildman–Crippen MR) is 59.4 cm³/mol. The van der Waals surface area contributed by atoms with Crippen LogP contribution in [-0.4, -0.2) is 32.2 Å². The van der Waals surface area contributed by atoms with Gasteiger partial charge in [0.25, 0.3) is 0 Å². The molecule has 0 saturated carbocycles. The molecule has 0 aromatic carbocycles. The molecule has 1 aromatic heterocycles. The SMILES string of the molecule is CC(C)(C)n1cnc2c1CCN(C(=O)O)C2. The van der Waals surface area contributed by atoms with Gasteiger partial charge in [0.1, 0.15) is 0 Å². The summed E-state index contributed by atoms with van der Waals surface area (Å²) in [6.45, 7) is 7.34. The molecule has 0 fully saturated rings. The van der Waals surface area contributed by atoms with Gasteiger partial charge in [0, 0.05) is 24.2 Å². The van der Waals surface area contributed by atoms with Gasteiger partial charge in [-0.2, -0.15) is 0 Å². The normalized spacial score (nSPS) is 16.1. The van der Waals surface area contributed by atoms with Gasteiger partial charge in [-0.05, 0) is 20.8 Å². The number of amides is 1. The quantitative estimate of drug-likeness (QED) is 0.728. The zero-order valence-corrected chi connectivity index (χ0v) is 9.90. The van der Waals surface area contributed by atoms with Crippen molar-refractivity contribution in [2.24, 2.45) is 0 Å². The Morgan fingerprint density at radius 1 is 1.50 bits per heavy atom. The van der Waals surface area contributed by atoms with E-state index in [1.54, 1.807) is 0 Å². The standard InChI is InChI=1S/C11H17N3O2/c1-11(2,3)14-7-12-8-6-13(10(15)16)5-4-9(8)14/h7H,4-6H2,1-3H3,(H,15,16). The summed E-state index contributed by atoms with van der Waals surface area (Å²) in [5.41, 5.74) is 2.07. The number of rotatable bonds is 0. The lowest BCUT2D eigenvalue weighted by molar-refractivity contribution is 0.138. The Hall–Kier alpha value is -1.52. The van der Waals surface area contributed by atoms with Crippen molar-refractivity contribution in [2.75, 3.05) is 6.54 Å². The Bertz CT molecular complexity index is 417. The van der Waals surface area contributed by atoms with E-state index in [4.69, 9.17) is 5.11 Å². The Morgan fingerprint density at radius 2 is 2.19 bits per heavy atom. The van der Waals surface area contributed by atoms with Crippen molar-refractivity contribution in [3.8, 4) is 0 Å². The van der Waals surface area contributed by atoms with Crippen molar-refractivity contribution < 1.29 is 9.90 Å². The minimum atomic E-state index is -0.865. The van der Waals surface area contributed by atoms with Gasteiger partial charge >= 0.3 is 6.09 Å². The lowest BCUT2D eigenvalue weighted by atomic mass is 10.1. The minimum absolute atomic E-state index is 0.00593. The smallest absolute Gasteiger partial charge is 0.407 e. The first-order valence-corrected chi connectivity index (χ1v) is 5.43. The summed E-state index contributed by atoms with van der Waals surface area (Å²) in [7, 11) is 0. The molecule has 0 spiro atoms. The highest BCUT2D eigenvalue weighted by molar-refractivity contribution is 5.65. The molecule has 1 aliphatic rings. The van der Waals surface area contributed by atoms with Crippen molar-refractivity contribution in [1.29, 1.82) is 0 Å². The number of aromatic nitrogens is 2. The molecule has 16 heavy (non-hydrogen) atoms. The Labute approximate surface area is 94.7 Å². The Balaban J connectivity index is 2.31. The van der Waals surface area contributed by atoms with E-state index >= 15 is 0 Å². The molecule has 1 aromatic rings. The van der Waals surface area contributed by atoms with E-state index in [1.807, 2.05) is 6.33 Å². The number of nitrogens with zero attached hydrogens (tertiary/aromatic N) is 3. The maximum Gasteiger partial charge on any atom is 0.407 e. The fraction of sp³-hybridized carbons (Fsp3) is 0.636. The summed E-state index contributed by atoms with van der Waals surface area (Å²) in [4.78, 5) is 16.6. The molecule has 2 heterocycles. The molecule has 0 atom stereocenters. The topological polar surface area (TPSA) is 58.4 Å². The van der Waals surface area contributed by atoms with Crippen LogP contribution in [0.5, 0.6) is 0 Å². The van der Waals surface area contributed by atoms with Crippen LogP contribution in [0.3, 0.4) is 0 Å². The van der Waals surface area contributed by atoms with E-state index in [9.17, 15) is 4.79 Å². The highest BCUT2D eigenvalue weighted by atomic mass is 16.4. The molecule has 88 valence electrons. The lowest BCUT2D eigenvalue weighted by Gasteiger charge is -2.28. The monoisotopic (exact) mass is 223 g/mol. The van der Waals surface area contributed by atoms with Crippen LogP contribution < -0.4 is 0 Å². The summed E-state index contributed by atoms with van der Waals surface area (Å²) in [5, 5.41) is 8.92. The van der Waals surface area contributed by atoms with Gasteiger partial charge in [0.2, 0.25) is 0 Å². The number of carboxylic acid groups (broad SMARTS) is 1. The van der Waals surface area contributed by atoms with Gasteiger partial charge in [-0.3, -0.25) is 0 Å². The van der Waals surface area contributed by atoms with Gasteiger partial charge in [0.05, 0.1) is 18.6 Å². The van der Waals surface area contributed by atoms with Crippen LogP contribution in [0.1, 0.15) is 32.2 Å². The van der Waals surface area contributed by atoms with Crippen molar-refractivity contribution in [3.63, 3.8) is 0 Å². The third-order valence-corrected chi connectivity index (χ3v) is 2.91. The summed E-state index contributed by atoms with van der Waals surface area (Å²) in [6, 6.07) is 0. The van der Waals surface area contributed by atoms with Crippen LogP contribution in [0.15, 0.2) is 6.33 Å².